The Morgan fingerprint density at radius 2 is 2.07 bits per heavy atom. The minimum atomic E-state index is -0.354. The summed E-state index contributed by atoms with van der Waals surface area (Å²) in [5.74, 6) is 1.10. The van der Waals surface area contributed by atoms with E-state index in [0.29, 0.717) is 30.3 Å². The van der Waals surface area contributed by atoms with Crippen LogP contribution in [0.1, 0.15) is 23.4 Å². The molecule has 0 saturated carbocycles. The number of β-amino-alcohol motifs (C(OH)–C–C–N with tert-alkyl or cyclic N) is 1. The van der Waals surface area contributed by atoms with Crippen molar-refractivity contribution in [1.82, 2.24) is 24.7 Å². The molecule has 9 nitrogen and oxygen atoms in total. The average molecular weight is 376 g/mol. The summed E-state index contributed by atoms with van der Waals surface area (Å²) >= 11 is 0. The number of nitrogens with two attached hydrogens (primary N) is 1. The van der Waals surface area contributed by atoms with Gasteiger partial charge in [0.05, 0.1) is 17.5 Å². The highest BCUT2D eigenvalue weighted by atomic mass is 16.3. The lowest BCUT2D eigenvalue weighted by atomic mass is 10.1. The number of anilines is 2. The van der Waals surface area contributed by atoms with Crippen LogP contribution in [0.25, 0.3) is 17.3 Å². The van der Waals surface area contributed by atoms with Crippen LogP contribution in [-0.2, 0) is 0 Å². The quantitative estimate of drug-likeness (QED) is 0.701. The van der Waals surface area contributed by atoms with Gasteiger partial charge < -0.3 is 15.7 Å². The second kappa shape index (κ2) is 6.90. The van der Waals surface area contributed by atoms with Gasteiger partial charge in [0.1, 0.15) is 29.0 Å². The Morgan fingerprint density at radius 3 is 2.71 bits per heavy atom. The van der Waals surface area contributed by atoms with E-state index in [0.717, 1.165) is 23.8 Å². The molecule has 142 valence electrons. The Bertz CT molecular complexity index is 1080. The zero-order valence-electron chi connectivity index (χ0n) is 15.7. The lowest BCUT2D eigenvalue weighted by molar-refractivity contribution is 0.198. The number of aromatic nitrogens is 5. The van der Waals surface area contributed by atoms with Gasteiger partial charge in [-0.15, -0.1) is 0 Å². The van der Waals surface area contributed by atoms with Crippen LogP contribution in [0.4, 0.5) is 11.6 Å². The molecule has 0 spiro atoms. The number of nitrogen functional groups attached to an aromatic ring is 1. The fourth-order valence-corrected chi connectivity index (χ4v) is 3.37. The molecule has 1 atom stereocenters. The predicted molar refractivity (Wildman–Crippen MR) is 104 cm³/mol. The molecule has 1 saturated heterocycles. The fourth-order valence-electron chi connectivity index (χ4n) is 3.37. The van der Waals surface area contributed by atoms with Crippen molar-refractivity contribution in [3.63, 3.8) is 0 Å². The van der Waals surface area contributed by atoms with E-state index in [-0.39, 0.29) is 17.5 Å². The van der Waals surface area contributed by atoms with Crippen LogP contribution in [0.15, 0.2) is 24.3 Å². The molecule has 0 amide bonds. The number of aliphatic hydroxyl groups excluding tert-OH is 1. The molecule has 1 fully saturated rings. The highest BCUT2D eigenvalue weighted by Crippen LogP contribution is 2.27. The van der Waals surface area contributed by atoms with E-state index < -0.39 is 0 Å². The van der Waals surface area contributed by atoms with E-state index >= 15 is 0 Å². The van der Waals surface area contributed by atoms with E-state index in [2.05, 4.69) is 26.1 Å². The highest BCUT2D eigenvalue weighted by Gasteiger charge is 2.23. The smallest absolute Gasteiger partial charge is 0.253 e. The number of rotatable bonds is 3. The van der Waals surface area contributed by atoms with Crippen LogP contribution in [-0.4, -0.2) is 49.0 Å². The summed E-state index contributed by atoms with van der Waals surface area (Å²) in [6.45, 7) is 5.04. The largest absolute Gasteiger partial charge is 0.391 e. The molecule has 28 heavy (non-hydrogen) atoms. The molecule has 4 heterocycles. The first kappa shape index (κ1) is 17.9. The number of aliphatic hydroxyl groups is 1. The van der Waals surface area contributed by atoms with Gasteiger partial charge in [-0.2, -0.15) is 15.3 Å². The summed E-state index contributed by atoms with van der Waals surface area (Å²) in [6, 6.07) is 9.50. The molecule has 0 unspecified atom stereocenters. The maximum Gasteiger partial charge on any atom is 0.253 e. The highest BCUT2D eigenvalue weighted by molar-refractivity contribution is 5.71. The van der Waals surface area contributed by atoms with Gasteiger partial charge in [0.15, 0.2) is 0 Å². The van der Waals surface area contributed by atoms with E-state index in [1.165, 1.54) is 0 Å². The van der Waals surface area contributed by atoms with Crippen molar-refractivity contribution in [3.8, 4) is 23.4 Å². The van der Waals surface area contributed by atoms with Gasteiger partial charge in [-0.25, -0.2) is 14.6 Å². The third-order valence-electron chi connectivity index (χ3n) is 4.70. The summed E-state index contributed by atoms with van der Waals surface area (Å²) in [6.07, 6.45) is 0.352. The van der Waals surface area contributed by atoms with Crippen LogP contribution in [0.3, 0.4) is 0 Å². The van der Waals surface area contributed by atoms with Crippen molar-refractivity contribution in [1.29, 1.82) is 5.26 Å². The average Bonchev–Trinajstić information content (AvgIpc) is 3.26. The molecule has 4 rings (SSSR count). The SMILES string of the molecule is Cc1cc(C)n(-c2nc(N)c(C#N)c(-c3cccc(N4CC[C@@H](O)C4)n3)n2)n1. The topological polar surface area (TPSA) is 130 Å². The number of aryl methyl sites for hydroxylation is 2. The van der Waals surface area contributed by atoms with Gasteiger partial charge in [0.25, 0.3) is 5.95 Å². The minimum Gasteiger partial charge on any atom is -0.391 e. The third-order valence-corrected chi connectivity index (χ3v) is 4.70. The Labute approximate surface area is 162 Å². The zero-order valence-corrected chi connectivity index (χ0v) is 15.7. The molecular weight excluding hydrogens is 356 g/mol. The third kappa shape index (κ3) is 3.14. The maximum atomic E-state index is 9.80. The Hall–Kier alpha value is -3.51. The first-order valence-corrected chi connectivity index (χ1v) is 8.98. The van der Waals surface area contributed by atoms with Gasteiger partial charge in [0, 0.05) is 18.8 Å². The minimum absolute atomic E-state index is 0.0823. The van der Waals surface area contributed by atoms with Crippen molar-refractivity contribution in [3.05, 3.63) is 41.2 Å². The van der Waals surface area contributed by atoms with Gasteiger partial charge >= 0.3 is 0 Å². The lowest BCUT2D eigenvalue weighted by Gasteiger charge is -2.17. The van der Waals surface area contributed by atoms with Crippen LogP contribution >= 0.6 is 0 Å². The summed E-state index contributed by atoms with van der Waals surface area (Å²) in [5.41, 5.74) is 8.81. The molecule has 0 radical (unpaired) electrons. The molecule has 0 bridgehead atoms. The van der Waals surface area contributed by atoms with Gasteiger partial charge in [-0.3, -0.25) is 0 Å². The first-order chi connectivity index (χ1) is 13.5. The van der Waals surface area contributed by atoms with Crippen molar-refractivity contribution in [2.75, 3.05) is 23.7 Å². The normalized spacial score (nSPS) is 16.4. The molecular formula is C19H20N8O. The number of hydrogen-bond donors (Lipinski definition) is 2. The van der Waals surface area contributed by atoms with Crippen molar-refractivity contribution in [2.45, 2.75) is 26.4 Å². The fraction of sp³-hybridized carbons (Fsp3) is 0.316. The molecule has 0 aromatic carbocycles. The van der Waals surface area contributed by atoms with Crippen LogP contribution in [0.5, 0.6) is 0 Å². The second-order valence-electron chi connectivity index (χ2n) is 6.85. The Morgan fingerprint density at radius 1 is 1.25 bits per heavy atom. The first-order valence-electron chi connectivity index (χ1n) is 8.98. The number of nitrogens with zero attached hydrogens (tertiary/aromatic N) is 7. The van der Waals surface area contributed by atoms with Crippen LogP contribution in [0.2, 0.25) is 0 Å². The van der Waals surface area contributed by atoms with Crippen molar-refractivity contribution < 1.29 is 5.11 Å². The summed E-state index contributed by atoms with van der Waals surface area (Å²) in [7, 11) is 0. The number of hydrogen-bond acceptors (Lipinski definition) is 8. The Kier molecular flexibility index (Phi) is 4.41. The van der Waals surface area contributed by atoms with Crippen molar-refractivity contribution in [2.24, 2.45) is 0 Å². The summed E-state index contributed by atoms with van der Waals surface area (Å²) in [4.78, 5) is 15.5. The molecule has 1 aliphatic rings. The predicted octanol–water partition coefficient (Wildman–Crippen LogP) is 1.37. The molecule has 9 heteroatoms. The zero-order chi connectivity index (χ0) is 19.8. The van der Waals surface area contributed by atoms with Gasteiger partial charge in [0.2, 0.25) is 0 Å². The maximum absolute atomic E-state index is 9.80. The van der Waals surface area contributed by atoms with E-state index in [9.17, 15) is 10.4 Å². The van der Waals surface area contributed by atoms with Gasteiger partial charge in [-0.1, -0.05) is 6.07 Å². The molecule has 0 aliphatic carbocycles. The lowest BCUT2D eigenvalue weighted by Crippen LogP contribution is -2.22. The van der Waals surface area contributed by atoms with Crippen LogP contribution in [0, 0.1) is 25.2 Å². The molecule has 3 aromatic heterocycles. The van der Waals surface area contributed by atoms with Crippen molar-refractivity contribution >= 4 is 11.6 Å². The number of pyridine rings is 1. The summed E-state index contributed by atoms with van der Waals surface area (Å²) < 4.78 is 1.59. The second-order valence-corrected chi connectivity index (χ2v) is 6.85. The van der Waals surface area contributed by atoms with E-state index in [1.54, 1.807) is 10.7 Å². The van der Waals surface area contributed by atoms with Gasteiger partial charge in [-0.05, 0) is 38.5 Å². The Balaban J connectivity index is 1.83. The molecule has 1 aliphatic heterocycles. The van der Waals surface area contributed by atoms with Crippen LogP contribution < -0.4 is 10.6 Å². The molecule has 3 aromatic rings. The molecule has 3 N–H and O–H groups in total. The standard InChI is InChI=1S/C19H20N8O/c1-11-8-12(2)27(25-11)19-23-17(14(9-20)18(21)24-19)15-4-3-5-16(22-15)26-7-6-13(28)10-26/h3-5,8,13,28H,6-7,10H2,1-2H3,(H2,21,23,24)/t13-/m1/s1. The van der Waals surface area contributed by atoms with E-state index in [4.69, 9.17) is 5.73 Å². The summed E-state index contributed by atoms with van der Waals surface area (Å²) in [5, 5.41) is 23.8. The van der Waals surface area contributed by atoms with E-state index in [1.807, 2.05) is 36.9 Å². The monoisotopic (exact) mass is 376 g/mol. The number of nitriles is 1.